The number of rotatable bonds is 2. The van der Waals surface area contributed by atoms with Crippen LogP contribution in [0.3, 0.4) is 0 Å². The van der Waals surface area contributed by atoms with Gasteiger partial charge in [0.05, 0.1) is 0 Å². The smallest absolute Gasteiger partial charge is 0.0290 e. The van der Waals surface area contributed by atoms with E-state index in [4.69, 9.17) is 0 Å². The third-order valence-corrected chi connectivity index (χ3v) is 0.400. The van der Waals surface area contributed by atoms with Crippen molar-refractivity contribution in [2.24, 2.45) is 4.99 Å². The third kappa shape index (κ3) is 47.1. The molecule has 0 aromatic heterocycles. The molecular weight excluding hydrogens is 134 g/mol. The average Bonchev–Trinajstić information content (AvgIpc) is 2.08. The monoisotopic (exact) mass is 155 g/mol. The molecule has 0 aliphatic heterocycles. The highest BCUT2D eigenvalue weighted by Gasteiger charge is 1.66. The maximum Gasteiger partial charge on any atom is 0.0290 e. The van der Waals surface area contributed by atoms with Gasteiger partial charge in [0.1, 0.15) is 0 Å². The minimum absolute atomic E-state index is 0.944. The van der Waals surface area contributed by atoms with Crippen molar-refractivity contribution in [3.63, 3.8) is 0 Å². The summed E-state index contributed by atoms with van der Waals surface area (Å²) in [5, 5.41) is 0. The maximum atomic E-state index is 3.71. The molecule has 0 N–H and O–H groups in total. The van der Waals surface area contributed by atoms with Crippen molar-refractivity contribution in [3.8, 4) is 0 Å². The van der Waals surface area contributed by atoms with Gasteiger partial charge in [-0.1, -0.05) is 40.9 Å². The lowest BCUT2D eigenvalue weighted by Gasteiger charge is -1.76. The molecule has 0 heterocycles. The van der Waals surface area contributed by atoms with Crippen LogP contribution in [0.15, 0.2) is 29.9 Å². The van der Waals surface area contributed by atoms with E-state index in [0.717, 1.165) is 5.57 Å². The maximum absolute atomic E-state index is 3.71. The number of allylic oxidation sites excluding steroid dienone is 1. The molecule has 0 fully saturated rings. The van der Waals surface area contributed by atoms with Crippen molar-refractivity contribution < 1.29 is 0 Å². The van der Waals surface area contributed by atoms with Gasteiger partial charge in [-0.2, -0.15) is 0 Å². The van der Waals surface area contributed by atoms with Gasteiger partial charge in [0, 0.05) is 12.4 Å². The highest BCUT2D eigenvalue weighted by atomic mass is 14.6. The number of aliphatic imine (C=N–C) groups is 1. The molecule has 0 aromatic carbocycles. The summed E-state index contributed by atoms with van der Waals surface area (Å²) in [6.45, 7) is 16.9. The van der Waals surface area contributed by atoms with Gasteiger partial charge in [0.2, 0.25) is 0 Å². The second-order valence-electron chi connectivity index (χ2n) is 1.31. The Labute approximate surface area is 71.6 Å². The predicted molar refractivity (Wildman–Crippen MR) is 56.2 cm³/mol. The quantitative estimate of drug-likeness (QED) is 0.537. The van der Waals surface area contributed by atoms with Crippen LogP contribution in [0.5, 0.6) is 0 Å². The van der Waals surface area contributed by atoms with Gasteiger partial charge in [-0.05, 0) is 12.5 Å². The molecule has 0 unspecified atom stereocenters. The predicted octanol–water partition coefficient (Wildman–Crippen LogP) is 3.83. The Morgan fingerprint density at radius 1 is 1.18 bits per heavy atom. The lowest BCUT2D eigenvalue weighted by molar-refractivity contribution is 1.50. The van der Waals surface area contributed by atoms with E-state index in [1.807, 2.05) is 34.6 Å². The summed E-state index contributed by atoms with van der Waals surface area (Å²) < 4.78 is 0. The zero-order chi connectivity index (χ0) is 9.70. The summed E-state index contributed by atoms with van der Waals surface area (Å²) in [5.74, 6) is 0. The molecule has 0 aromatic rings. The Morgan fingerprint density at radius 3 is 1.64 bits per heavy atom. The van der Waals surface area contributed by atoms with Crippen molar-refractivity contribution >= 4 is 6.21 Å². The van der Waals surface area contributed by atoms with E-state index in [9.17, 15) is 0 Å². The first kappa shape index (κ1) is 16.6. The second-order valence-corrected chi connectivity index (χ2v) is 1.31. The van der Waals surface area contributed by atoms with Crippen LogP contribution in [0.1, 0.15) is 34.6 Å². The van der Waals surface area contributed by atoms with Crippen LogP contribution in [0.4, 0.5) is 0 Å². The highest BCUT2D eigenvalue weighted by molar-refractivity contribution is 5.76. The minimum atomic E-state index is 0.944. The van der Waals surface area contributed by atoms with Gasteiger partial charge in [-0.15, -0.1) is 0 Å². The fraction of sp³-hybridized carbons (Fsp3) is 0.500. The Balaban J connectivity index is -0.000000138. The van der Waals surface area contributed by atoms with Crippen LogP contribution in [0.2, 0.25) is 0 Å². The molecule has 1 nitrogen and oxygen atoms in total. The molecular formula is C10H21N. The van der Waals surface area contributed by atoms with E-state index in [0.29, 0.717) is 0 Å². The van der Waals surface area contributed by atoms with E-state index < -0.39 is 0 Å². The van der Waals surface area contributed by atoms with Gasteiger partial charge in [-0.25, -0.2) is 0 Å². The molecule has 0 aliphatic carbocycles. The highest BCUT2D eigenvalue weighted by Crippen LogP contribution is 1.77. The summed E-state index contributed by atoms with van der Waals surface area (Å²) >= 11 is 0. The van der Waals surface area contributed by atoms with Crippen LogP contribution in [-0.4, -0.2) is 6.21 Å². The molecule has 0 saturated heterocycles. The van der Waals surface area contributed by atoms with Crippen molar-refractivity contribution in [3.05, 3.63) is 24.9 Å². The van der Waals surface area contributed by atoms with Gasteiger partial charge in [-0.3, -0.25) is 4.99 Å². The van der Waals surface area contributed by atoms with Crippen LogP contribution < -0.4 is 0 Å². The van der Waals surface area contributed by atoms with Crippen molar-refractivity contribution in [2.75, 3.05) is 0 Å². The topological polar surface area (TPSA) is 12.4 Å². The van der Waals surface area contributed by atoms with Crippen LogP contribution in [0.25, 0.3) is 0 Å². The average molecular weight is 155 g/mol. The van der Waals surface area contributed by atoms with E-state index in [2.05, 4.69) is 18.2 Å². The summed E-state index contributed by atoms with van der Waals surface area (Å²) in [5.41, 5.74) is 0.944. The summed E-state index contributed by atoms with van der Waals surface area (Å²) in [6, 6.07) is 0. The van der Waals surface area contributed by atoms with Crippen LogP contribution >= 0.6 is 0 Å². The van der Waals surface area contributed by atoms with Gasteiger partial charge >= 0.3 is 0 Å². The first-order valence-electron chi connectivity index (χ1n) is 4.07. The normalized spacial score (nSPS) is 7.00. The van der Waals surface area contributed by atoms with Gasteiger partial charge in [0.25, 0.3) is 0 Å². The molecule has 0 radical (unpaired) electrons. The molecule has 0 aliphatic rings. The number of hydrogen-bond donors (Lipinski definition) is 0. The first-order chi connectivity index (χ1) is 5.27. The van der Waals surface area contributed by atoms with E-state index in [1.54, 1.807) is 6.21 Å². The molecule has 0 spiro atoms. The Hall–Kier alpha value is -0.850. The molecule has 0 bridgehead atoms. The van der Waals surface area contributed by atoms with Gasteiger partial charge < -0.3 is 0 Å². The Kier molecular flexibility index (Phi) is 34.6. The van der Waals surface area contributed by atoms with Crippen molar-refractivity contribution in [1.82, 2.24) is 0 Å². The minimum Gasteiger partial charge on any atom is -0.265 e. The largest absolute Gasteiger partial charge is 0.265 e. The van der Waals surface area contributed by atoms with Gasteiger partial charge in [0.15, 0.2) is 0 Å². The fourth-order valence-electron chi connectivity index (χ4n) is 0.180. The molecule has 66 valence electrons. The second kappa shape index (κ2) is 22.9. The molecule has 1 heteroatoms. The number of hydrogen-bond acceptors (Lipinski definition) is 1. The molecule has 0 rings (SSSR count). The Bertz CT molecular complexity index is 101. The zero-order valence-corrected chi connectivity index (χ0v) is 8.52. The summed E-state index contributed by atoms with van der Waals surface area (Å²) in [4.78, 5) is 3.71. The van der Waals surface area contributed by atoms with E-state index in [-0.39, 0.29) is 0 Å². The zero-order valence-electron chi connectivity index (χ0n) is 8.52. The third-order valence-electron chi connectivity index (χ3n) is 0.400. The van der Waals surface area contributed by atoms with Crippen molar-refractivity contribution in [2.45, 2.75) is 34.6 Å². The van der Waals surface area contributed by atoms with E-state index >= 15 is 0 Å². The summed E-state index contributed by atoms with van der Waals surface area (Å²) in [7, 11) is 0. The van der Waals surface area contributed by atoms with Crippen LogP contribution in [0, 0.1) is 0 Å². The SMILES string of the molecule is C=CN=CC(=C)C.CC.CC. The molecule has 0 amide bonds. The van der Waals surface area contributed by atoms with E-state index in [1.165, 1.54) is 6.20 Å². The Morgan fingerprint density at radius 2 is 1.55 bits per heavy atom. The van der Waals surface area contributed by atoms with Crippen molar-refractivity contribution in [1.29, 1.82) is 0 Å². The first-order valence-corrected chi connectivity index (χ1v) is 4.07. The fourth-order valence-corrected chi connectivity index (χ4v) is 0.180. The molecule has 0 saturated carbocycles. The standard InChI is InChI=1S/C6H9N.2C2H6/c1-4-7-5-6(2)3;2*1-2/h4-5H,1-2H2,3H3;2*1-2H3. The lowest BCUT2D eigenvalue weighted by atomic mass is 10.4. The molecule has 11 heavy (non-hydrogen) atoms. The summed E-state index contributed by atoms with van der Waals surface area (Å²) in [6.07, 6.45) is 3.14. The van der Waals surface area contributed by atoms with Crippen LogP contribution in [-0.2, 0) is 0 Å². The lowest BCUT2D eigenvalue weighted by Crippen LogP contribution is -1.68. The molecule has 0 atom stereocenters. The number of nitrogens with zero attached hydrogens (tertiary/aromatic N) is 1.